The number of hydrogen-bond acceptors (Lipinski definition) is 15. The number of amides is 3. The Morgan fingerprint density at radius 1 is 0.357 bits per heavy atom. The highest BCUT2D eigenvalue weighted by molar-refractivity contribution is 7.98. The molecule has 33 heteroatoms. The summed E-state index contributed by atoms with van der Waals surface area (Å²) in [6.07, 6.45) is -28.0. The molecule has 3 aromatic heterocycles. The van der Waals surface area contributed by atoms with Crippen molar-refractivity contribution >= 4 is 53.0 Å². The highest BCUT2D eigenvalue weighted by Crippen LogP contribution is 2.38. The van der Waals surface area contributed by atoms with Crippen molar-refractivity contribution in [2.45, 2.75) is 191 Å². The molecule has 143 heavy (non-hydrogen) atoms. The Morgan fingerprint density at radius 2 is 0.657 bits per heavy atom. The summed E-state index contributed by atoms with van der Waals surface area (Å²) in [5.41, 5.74) is -16.4. The maximum atomic E-state index is 15.3. The van der Waals surface area contributed by atoms with E-state index in [1.807, 2.05) is 0 Å². The summed E-state index contributed by atoms with van der Waals surface area (Å²) < 4.78 is 650. The molecule has 0 radical (unpaired) electrons. The lowest BCUT2D eigenvalue weighted by atomic mass is 10.0. The van der Waals surface area contributed by atoms with E-state index in [2.05, 4.69) is 15.0 Å². The van der Waals surface area contributed by atoms with E-state index < -0.39 is 421 Å². The average Bonchev–Trinajstić information content (AvgIpc) is 1.51. The Bertz CT molecular complexity index is 9480. The zero-order chi connectivity index (χ0) is 152. The van der Waals surface area contributed by atoms with Crippen LogP contribution in [-0.4, -0.2) is 154 Å². The van der Waals surface area contributed by atoms with Gasteiger partial charge in [0.2, 0.25) is 17.7 Å². The number of fused-ring (bicyclic) bond motifs is 3. The first-order valence-corrected chi connectivity index (χ1v) is 45.0. The first-order chi connectivity index (χ1) is 89.7. The number of thioether (sulfide) groups is 3. The summed E-state index contributed by atoms with van der Waals surface area (Å²) in [4.78, 5) is 96.3. The van der Waals surface area contributed by atoms with E-state index in [9.17, 15) is 85.6 Å². The van der Waals surface area contributed by atoms with Gasteiger partial charge < -0.3 is 43.1 Å². The number of alkyl halides is 9. The molecule has 15 rings (SSSR count). The third kappa shape index (κ3) is 29.7. The fraction of sp³-hybridized carbons (Fsp3) is 0.373. The predicted molar refractivity (Wildman–Crippen MR) is 539 cm³/mol. The molecular formula is C110H118F12N12O6S3. The van der Waals surface area contributed by atoms with Crippen LogP contribution in [0.1, 0.15) is 222 Å². The second kappa shape index (κ2) is 50.1. The molecule has 12 aromatic rings. The molecule has 3 amide bonds. The van der Waals surface area contributed by atoms with Gasteiger partial charge in [-0.25, -0.2) is 13.2 Å². The zero-order valence-corrected chi connectivity index (χ0v) is 78.4. The quantitative estimate of drug-likeness (QED) is 0.0202. The van der Waals surface area contributed by atoms with Crippen LogP contribution < -0.4 is 16.7 Å². The van der Waals surface area contributed by atoms with Crippen LogP contribution in [-0.2, 0) is 128 Å². The fourth-order valence-corrected chi connectivity index (χ4v) is 15.7. The summed E-state index contributed by atoms with van der Waals surface area (Å²) in [5, 5.41) is -2.61. The summed E-state index contributed by atoms with van der Waals surface area (Å²) in [6.45, 7) is -53.2. The highest BCUT2D eigenvalue weighted by Gasteiger charge is 2.36. The highest BCUT2D eigenvalue weighted by atomic mass is 32.2. The maximum Gasteiger partial charge on any atom is 0.416 e. The van der Waals surface area contributed by atoms with E-state index in [0.717, 1.165) is 62.4 Å². The smallest absolute Gasteiger partial charge is 0.336 e. The number of nitrogens with zero attached hydrogens (tertiary/aromatic N) is 12. The van der Waals surface area contributed by atoms with Gasteiger partial charge in [-0.2, -0.15) is 54.5 Å². The van der Waals surface area contributed by atoms with Crippen LogP contribution in [0, 0.1) is 29.2 Å². The number of hydrogen-bond donors (Lipinski definition) is 0. The van der Waals surface area contributed by atoms with Crippen molar-refractivity contribution in [3.63, 3.8) is 0 Å². The lowest BCUT2D eigenvalue weighted by Gasteiger charge is -2.28. The van der Waals surface area contributed by atoms with Crippen LogP contribution in [0.5, 0.6) is 0 Å². The van der Waals surface area contributed by atoms with Crippen LogP contribution in [0.25, 0.3) is 33.4 Å². The van der Waals surface area contributed by atoms with E-state index in [4.69, 9.17) is 63.1 Å². The standard InChI is InChI=1S/2C37H40F4N4O2S.C36H38F4N4O2S/c2*1-4-43(5-2)18-19-44(22-26-6-10-28(11-7-26)29-12-14-30(15-13-29)37(39,40)41)34(46)23-45-33-21-25(3)20-32(33)35(47)42-36(45)48-24-27-8-16-31(38)17-9-27;1-3-42(4-2)20-21-43(22-25-8-12-27(13-9-25)28-14-16-29(17-15-28)36(38,39)40)33(45)23-44-32-7-5-6-31(32)34(46)41-35(44)47-24-26-10-18-30(37)19-11-26/h2*6-17,25H,4-5,18-24H2,1-3H3;8-19H,3-7,20-24H2,1-2H3/i4D2,5D2,6D,7D,10D,11D,12D,13D,14D,15D,18D2,19D2,20D2,21D2,23D2,25D;4D2,5D2,8D,9D,16D,17D,18D2,19D2,20D2,21D2,23D2,25D;3D2,4D2,10D,11D,18D,19D,20D2,21D2,23D2. The Kier molecular flexibility index (Phi) is 19.6. The molecule has 0 fully saturated rings. The topological polar surface area (TPSA) is 175 Å². The van der Waals surface area contributed by atoms with Crippen molar-refractivity contribution in [1.82, 2.24) is 58.1 Å². The van der Waals surface area contributed by atoms with Gasteiger partial charge in [-0.3, -0.25) is 28.8 Å². The molecule has 3 aliphatic rings. The fourth-order valence-electron chi connectivity index (χ4n) is 13.1. The van der Waals surface area contributed by atoms with Crippen LogP contribution in [0.4, 0.5) is 52.7 Å². The van der Waals surface area contributed by atoms with Gasteiger partial charge in [0, 0.05) is 148 Å². The number of halogens is 12. The van der Waals surface area contributed by atoms with Gasteiger partial charge in [0.05, 0.1) is 55.1 Å². The van der Waals surface area contributed by atoms with Gasteiger partial charge in [-0.05, 0) is 235 Å². The maximum absolute atomic E-state index is 15.3. The number of rotatable bonds is 39. The van der Waals surface area contributed by atoms with Crippen LogP contribution in [0.15, 0.2) is 248 Å². The Labute approximate surface area is 917 Å². The number of likely N-dealkylation sites (N-methyl/N-ethyl adjacent to an activating group) is 3. The summed E-state index contributed by atoms with van der Waals surface area (Å²) in [6, 6.07) is 3.09. The van der Waals surface area contributed by atoms with Crippen LogP contribution in [0.3, 0.4) is 0 Å². The largest absolute Gasteiger partial charge is 0.416 e. The molecule has 0 aliphatic heterocycles. The van der Waals surface area contributed by atoms with E-state index in [-0.39, 0.29) is 109 Å². The number of carbonyl (C=O) groups is 3. The molecule has 9 aromatic carbocycles. The van der Waals surface area contributed by atoms with Gasteiger partial charge >= 0.3 is 18.5 Å². The van der Waals surface area contributed by atoms with Crippen molar-refractivity contribution in [1.29, 1.82) is 0 Å². The van der Waals surface area contributed by atoms with Crippen molar-refractivity contribution in [3.8, 4) is 33.4 Å². The molecule has 0 saturated carbocycles. The lowest BCUT2D eigenvalue weighted by Crippen LogP contribution is -2.40. The average molecular weight is 2080 g/mol. The molecule has 2 unspecified atom stereocenters. The van der Waals surface area contributed by atoms with Gasteiger partial charge in [-0.1, -0.05) is 236 Å². The van der Waals surface area contributed by atoms with E-state index >= 15 is 9.59 Å². The molecule has 0 N–H and O–H groups in total. The summed E-state index contributed by atoms with van der Waals surface area (Å²) >= 11 is 0.986. The van der Waals surface area contributed by atoms with Crippen molar-refractivity contribution in [3.05, 3.63) is 350 Å². The van der Waals surface area contributed by atoms with Crippen molar-refractivity contribution in [2.75, 3.05) is 78.0 Å². The second-order valence-corrected chi connectivity index (χ2v) is 32.7. The van der Waals surface area contributed by atoms with Gasteiger partial charge in [0.1, 0.15) is 36.9 Å². The Morgan fingerprint density at radius 3 is 1.00 bits per heavy atom. The molecule has 756 valence electrons. The first kappa shape index (κ1) is 56.0. The van der Waals surface area contributed by atoms with Gasteiger partial charge in [0.25, 0.3) is 16.7 Å². The minimum Gasteiger partial charge on any atom is -0.336 e. The number of benzene rings is 9. The molecule has 0 spiro atoms. The monoisotopic (exact) mass is 2080 g/mol. The number of carbonyl (C=O) groups excluding carboxylic acids is 3. The van der Waals surface area contributed by atoms with Gasteiger partial charge in [0.15, 0.2) is 15.5 Å². The van der Waals surface area contributed by atoms with Crippen molar-refractivity contribution < 1.29 is 144 Å². The van der Waals surface area contributed by atoms with E-state index in [0.29, 0.717) is 80.8 Å². The van der Waals surface area contributed by atoms with E-state index in [1.165, 1.54) is 72.8 Å². The molecule has 0 bridgehead atoms. The molecule has 3 aliphatic carbocycles. The van der Waals surface area contributed by atoms with Gasteiger partial charge in [-0.15, -0.1) is 0 Å². The number of aromatic nitrogens is 6. The minimum atomic E-state index is -5.46. The zero-order valence-electron chi connectivity index (χ0n) is 132. The van der Waals surface area contributed by atoms with Crippen LogP contribution in [0.2, 0.25) is 0 Å². The molecular weight excluding hydrogens is 1910 g/mol. The predicted octanol–water partition coefficient (Wildman–Crippen LogP) is 22.2. The molecule has 2 atom stereocenters. The van der Waals surface area contributed by atoms with Crippen LogP contribution >= 0.6 is 35.3 Å². The minimum absolute atomic E-state index is 0.000310. The third-order valence-corrected chi connectivity index (χ3v) is 23.1. The molecule has 18 nitrogen and oxygen atoms in total. The second-order valence-electron chi connectivity index (χ2n) is 29.8. The summed E-state index contributed by atoms with van der Waals surface area (Å²) in [5.74, 6) is -18.0. The Hall–Kier alpha value is -11.9. The molecule has 3 heterocycles. The SMILES string of the molecule is [2H]c1c([2H])c(-c2c([2H])c([2H])c(C(F)(F)F)c([2H])c2[2H])c([2H])c([2H])c1CN(C(=O)C([2H])([2H])n1c(SCc2ccc(F)cc2)nc(=O)c2c1C([2H])([2H])C([2H])(C)C2([2H])[2H])C([2H])([2H])C([2H])([2H])N(C([2H])([2H])C)C([2H])([2H])C.[2H]c1c([2H])c(CSc2nc(=O)c3c(n2C([2H])([2H])C(=O)N(Cc2ccc(-c4ccc(C(F)(F)F)cc4)cc2)C([2H])([2H])C([2H])([2H])N(C([2H])([2H])C)C([2H])([2H])C)C([2H])([2H])C([2H])(C)C3([2H])[2H])c([2H])c([2H])c1F.[2H]c1c([2H])c(CSc2nc(=O)c3c(n2C([2H])([2H])C(=O)N(Cc2ccc(-c4ccc(C(F)(F)F)cc4)cc2)C([2H])([2H])C([2H])([2H])N(C([2H])([2H])C)C([2H])([2H])C)CCC3)c([2H])c([2H])c1F. The third-order valence-electron chi connectivity index (χ3n) is 20.2. The first-order valence-electron chi connectivity index (χ1n) is 70.1. The van der Waals surface area contributed by atoms with Crippen molar-refractivity contribution in [2.24, 2.45) is 11.8 Å². The Balaban J connectivity index is 0.000000240. The normalized spacial score (nSPS) is 23.5. The molecule has 0 saturated heterocycles. The lowest BCUT2D eigenvalue weighted by molar-refractivity contribution is -0.138. The van der Waals surface area contributed by atoms with E-state index in [1.54, 1.807) is 0 Å². The summed E-state index contributed by atoms with van der Waals surface area (Å²) in [7, 11) is 0.